The highest BCUT2D eigenvalue weighted by Crippen LogP contribution is 2.26. The molecule has 1 atom stereocenters. The minimum Gasteiger partial charge on any atom is -0.490 e. The first-order valence-corrected chi connectivity index (χ1v) is 14.5. The lowest BCUT2D eigenvalue weighted by atomic mass is 9.92. The fraction of sp³-hybridized carbons (Fsp3) is 0.655. The molecule has 10 heteroatoms. The van der Waals surface area contributed by atoms with Crippen molar-refractivity contribution < 1.29 is 29.0 Å². The van der Waals surface area contributed by atoms with Crippen molar-refractivity contribution in [3.63, 3.8) is 0 Å². The molecule has 3 amide bonds. The minimum atomic E-state index is -1.03. The summed E-state index contributed by atoms with van der Waals surface area (Å²) in [6, 6.07) is 6.72. The van der Waals surface area contributed by atoms with Crippen molar-refractivity contribution in [1.29, 1.82) is 0 Å². The number of carbonyl (C=O) groups excluding carboxylic acids is 3. The van der Waals surface area contributed by atoms with E-state index < -0.39 is 23.7 Å². The Hall–Kier alpha value is -2.98. The summed E-state index contributed by atoms with van der Waals surface area (Å²) in [6.07, 6.45) is 9.06. The van der Waals surface area contributed by atoms with Crippen LogP contribution >= 0.6 is 0 Å². The lowest BCUT2D eigenvalue weighted by Crippen LogP contribution is -2.53. The van der Waals surface area contributed by atoms with Gasteiger partial charge in [0.05, 0.1) is 18.4 Å². The first-order valence-electron chi connectivity index (χ1n) is 14.5. The molecule has 0 unspecified atom stereocenters. The minimum absolute atomic E-state index is 0.0561. The first kappa shape index (κ1) is 29.0. The highest BCUT2D eigenvalue weighted by molar-refractivity contribution is 6.05. The molecule has 39 heavy (non-hydrogen) atoms. The van der Waals surface area contributed by atoms with Crippen molar-refractivity contribution in [3.8, 4) is 5.75 Å². The number of carboxylic acid groups (broad SMARTS) is 1. The average molecular weight is 543 g/mol. The quantitative estimate of drug-likeness (QED) is 0.288. The molecule has 4 rings (SSSR count). The fourth-order valence-electron chi connectivity index (χ4n) is 5.77. The second kappa shape index (κ2) is 14.4. The predicted octanol–water partition coefficient (Wildman–Crippen LogP) is 2.97. The number of nitrogens with one attached hydrogen (secondary N) is 2. The molecule has 10 nitrogen and oxygen atoms in total. The molecule has 1 aromatic carbocycles. The Morgan fingerprint density at radius 2 is 1.69 bits per heavy atom. The third-order valence-corrected chi connectivity index (χ3v) is 8.09. The summed E-state index contributed by atoms with van der Waals surface area (Å²) in [4.78, 5) is 52.8. The van der Waals surface area contributed by atoms with Gasteiger partial charge in [0.1, 0.15) is 5.75 Å². The Morgan fingerprint density at radius 1 is 0.974 bits per heavy atom. The van der Waals surface area contributed by atoms with Gasteiger partial charge in [-0.3, -0.25) is 19.2 Å². The standard InChI is InChI=1S/C29H42N4O6/c34-26(12-7-21-13-16-30-17-14-21)32-19-3-4-23(20-32)29(38)33(31-18-15-27(35)36)28(37)22-8-10-25(11-9-22)39-24-5-1-2-6-24/h8-11,21,23-24,30-31H,1-7,12-20H2,(H,35,36)/t23-/m1/s1. The van der Waals surface area contributed by atoms with Gasteiger partial charge in [-0.05, 0) is 101 Å². The van der Waals surface area contributed by atoms with E-state index >= 15 is 0 Å². The Kier molecular flexibility index (Phi) is 10.7. The van der Waals surface area contributed by atoms with E-state index in [0.29, 0.717) is 43.0 Å². The van der Waals surface area contributed by atoms with E-state index in [2.05, 4.69) is 10.7 Å². The maximum Gasteiger partial charge on any atom is 0.304 e. The number of hydrogen-bond donors (Lipinski definition) is 3. The smallest absolute Gasteiger partial charge is 0.304 e. The monoisotopic (exact) mass is 542 g/mol. The second-order valence-corrected chi connectivity index (χ2v) is 11.0. The molecule has 1 saturated carbocycles. The summed E-state index contributed by atoms with van der Waals surface area (Å²) in [7, 11) is 0. The Bertz CT molecular complexity index is 988. The Labute approximate surface area is 230 Å². The number of carboxylic acids is 1. The van der Waals surface area contributed by atoms with Crippen LogP contribution in [-0.4, -0.2) is 77.5 Å². The molecular formula is C29H42N4O6. The molecule has 1 aliphatic carbocycles. The van der Waals surface area contributed by atoms with Crippen LogP contribution in [0.5, 0.6) is 5.75 Å². The van der Waals surface area contributed by atoms with Crippen LogP contribution in [0.15, 0.2) is 24.3 Å². The molecular weight excluding hydrogens is 500 g/mol. The SMILES string of the molecule is O=C(O)CCNN(C(=O)c1ccc(OC2CCCC2)cc1)C(=O)[C@@H]1CCCN(C(=O)CCC2CCNCC2)C1. The van der Waals surface area contributed by atoms with Crippen molar-refractivity contribution in [1.82, 2.24) is 20.7 Å². The molecule has 3 aliphatic rings. The number of piperidine rings is 2. The normalized spacial score (nSPS) is 20.5. The third-order valence-electron chi connectivity index (χ3n) is 8.09. The number of rotatable bonds is 11. The number of carbonyl (C=O) groups is 4. The van der Waals surface area contributed by atoms with Gasteiger partial charge in [0.25, 0.3) is 5.91 Å². The number of ether oxygens (including phenoxy) is 1. The summed E-state index contributed by atoms with van der Waals surface area (Å²) >= 11 is 0. The number of aliphatic carboxylic acids is 1. The molecule has 1 aromatic rings. The first-order chi connectivity index (χ1) is 18.9. The summed E-state index contributed by atoms with van der Waals surface area (Å²) in [6.45, 7) is 2.80. The van der Waals surface area contributed by atoms with E-state index in [1.165, 1.54) is 0 Å². The van der Waals surface area contributed by atoms with Crippen molar-refractivity contribution in [2.75, 3.05) is 32.7 Å². The van der Waals surface area contributed by atoms with Crippen LogP contribution < -0.4 is 15.5 Å². The summed E-state index contributed by atoms with van der Waals surface area (Å²) in [5, 5.41) is 13.4. The van der Waals surface area contributed by atoms with Crippen LogP contribution in [-0.2, 0) is 14.4 Å². The summed E-state index contributed by atoms with van der Waals surface area (Å²) in [5.74, 6) is -1.26. The van der Waals surface area contributed by atoms with E-state index in [1.54, 1.807) is 29.2 Å². The van der Waals surface area contributed by atoms with E-state index in [4.69, 9.17) is 9.84 Å². The zero-order valence-electron chi connectivity index (χ0n) is 22.7. The summed E-state index contributed by atoms with van der Waals surface area (Å²) in [5.41, 5.74) is 3.05. The van der Waals surface area contributed by atoms with Crippen molar-refractivity contribution in [2.24, 2.45) is 11.8 Å². The van der Waals surface area contributed by atoms with Gasteiger partial charge in [0, 0.05) is 31.6 Å². The molecule has 214 valence electrons. The highest BCUT2D eigenvalue weighted by Gasteiger charge is 2.34. The van der Waals surface area contributed by atoms with Gasteiger partial charge in [-0.1, -0.05) is 0 Å². The molecule has 0 bridgehead atoms. The van der Waals surface area contributed by atoms with Crippen molar-refractivity contribution in [3.05, 3.63) is 29.8 Å². The number of hydrogen-bond acceptors (Lipinski definition) is 7. The van der Waals surface area contributed by atoms with E-state index in [-0.39, 0.29) is 31.5 Å². The van der Waals surface area contributed by atoms with E-state index in [9.17, 15) is 19.2 Å². The number of imide groups is 1. The Balaban J connectivity index is 1.38. The van der Waals surface area contributed by atoms with Gasteiger partial charge >= 0.3 is 5.97 Å². The molecule has 3 N–H and O–H groups in total. The largest absolute Gasteiger partial charge is 0.490 e. The zero-order valence-corrected chi connectivity index (χ0v) is 22.7. The molecule has 3 fully saturated rings. The van der Waals surface area contributed by atoms with Crippen molar-refractivity contribution in [2.45, 2.75) is 76.7 Å². The third kappa shape index (κ3) is 8.50. The van der Waals surface area contributed by atoms with Gasteiger partial charge in [-0.25, -0.2) is 10.4 Å². The molecule has 2 saturated heterocycles. The fourth-order valence-corrected chi connectivity index (χ4v) is 5.77. The second-order valence-electron chi connectivity index (χ2n) is 11.0. The number of amides is 3. The van der Waals surface area contributed by atoms with Gasteiger partial charge in [0.15, 0.2) is 0 Å². The highest BCUT2D eigenvalue weighted by atomic mass is 16.5. The predicted molar refractivity (Wildman–Crippen MR) is 145 cm³/mol. The maximum atomic E-state index is 13.6. The molecule has 0 spiro atoms. The number of benzene rings is 1. The average Bonchev–Trinajstić information content (AvgIpc) is 3.47. The topological polar surface area (TPSA) is 128 Å². The molecule has 0 aromatic heterocycles. The van der Waals surface area contributed by atoms with E-state index in [1.807, 2.05) is 0 Å². The Morgan fingerprint density at radius 3 is 2.38 bits per heavy atom. The van der Waals surface area contributed by atoms with Crippen LogP contribution in [0, 0.1) is 11.8 Å². The van der Waals surface area contributed by atoms with Crippen LogP contribution in [0.1, 0.15) is 81.0 Å². The maximum absolute atomic E-state index is 13.6. The number of nitrogens with zero attached hydrogens (tertiary/aromatic N) is 2. The van der Waals surface area contributed by atoms with Gasteiger partial charge in [-0.2, -0.15) is 0 Å². The number of hydrazine groups is 1. The van der Waals surface area contributed by atoms with Crippen LogP contribution in [0.3, 0.4) is 0 Å². The molecule has 2 heterocycles. The van der Waals surface area contributed by atoms with Crippen LogP contribution in [0.4, 0.5) is 0 Å². The lowest BCUT2D eigenvalue weighted by Gasteiger charge is -2.35. The van der Waals surface area contributed by atoms with Crippen LogP contribution in [0.25, 0.3) is 0 Å². The molecule has 0 radical (unpaired) electrons. The van der Waals surface area contributed by atoms with Gasteiger partial charge in [-0.15, -0.1) is 0 Å². The number of likely N-dealkylation sites (tertiary alicyclic amines) is 1. The molecule has 2 aliphatic heterocycles. The lowest BCUT2D eigenvalue weighted by molar-refractivity contribution is -0.142. The zero-order chi connectivity index (χ0) is 27.6. The van der Waals surface area contributed by atoms with Crippen molar-refractivity contribution >= 4 is 23.7 Å². The van der Waals surface area contributed by atoms with E-state index in [0.717, 1.165) is 63.0 Å². The summed E-state index contributed by atoms with van der Waals surface area (Å²) < 4.78 is 5.98. The van der Waals surface area contributed by atoms with Gasteiger partial charge < -0.3 is 20.1 Å². The van der Waals surface area contributed by atoms with Crippen LogP contribution in [0.2, 0.25) is 0 Å². The van der Waals surface area contributed by atoms with Gasteiger partial charge in [0.2, 0.25) is 11.8 Å².